The summed E-state index contributed by atoms with van der Waals surface area (Å²) in [7, 11) is -3.91. The number of nitrogens with two attached hydrogens (primary N) is 1. The molecule has 0 fully saturated rings. The van der Waals surface area contributed by atoms with Crippen molar-refractivity contribution in [3.8, 4) is 0 Å². The molecule has 0 bridgehead atoms. The molecule has 0 aromatic heterocycles. The van der Waals surface area contributed by atoms with Gasteiger partial charge in [-0.2, -0.15) is 0 Å². The van der Waals surface area contributed by atoms with Gasteiger partial charge in [-0.25, -0.2) is 17.5 Å². The van der Waals surface area contributed by atoms with Gasteiger partial charge in [-0.05, 0) is 38.2 Å². The van der Waals surface area contributed by atoms with Crippen LogP contribution >= 0.6 is 0 Å². The molecule has 0 heterocycles. The number of likely N-dealkylation sites (N-methyl/N-ethyl adjacent to an activating group) is 1. The Hall–Kier alpha value is -1.18. The Morgan fingerprint density at radius 2 is 1.95 bits per heavy atom. The van der Waals surface area contributed by atoms with E-state index in [0.29, 0.717) is 6.54 Å². The van der Waals surface area contributed by atoms with Crippen molar-refractivity contribution in [2.24, 2.45) is 0 Å². The number of nitrogens with zero attached hydrogens (tertiary/aromatic N) is 1. The first-order chi connectivity index (χ1) is 9.30. The number of hydrogen-bond donors (Lipinski definition) is 2. The molecule has 5 nitrogen and oxygen atoms in total. The number of hydrogen-bond acceptors (Lipinski definition) is 4. The molecule has 0 saturated carbocycles. The molecule has 7 heteroatoms. The summed E-state index contributed by atoms with van der Waals surface area (Å²) in [4.78, 5) is 1.67. The predicted octanol–water partition coefficient (Wildman–Crippen LogP) is 1.42. The van der Waals surface area contributed by atoms with E-state index in [1.165, 1.54) is 6.07 Å². The number of nitrogen functional groups attached to an aromatic ring is 1. The van der Waals surface area contributed by atoms with Gasteiger partial charge >= 0.3 is 0 Å². The molecule has 0 radical (unpaired) electrons. The minimum Gasteiger partial charge on any atom is -0.399 e. The minimum atomic E-state index is -3.91. The molecule has 1 rings (SSSR count). The lowest BCUT2D eigenvalue weighted by atomic mass is 10.3. The van der Waals surface area contributed by atoms with Crippen LogP contribution in [0.2, 0.25) is 0 Å². The fourth-order valence-electron chi connectivity index (χ4n) is 1.96. The van der Waals surface area contributed by atoms with Gasteiger partial charge in [-0.3, -0.25) is 0 Å². The Kier molecular flexibility index (Phi) is 5.91. The molecule has 0 amide bonds. The maximum atomic E-state index is 13.6. The zero-order chi connectivity index (χ0) is 15.3. The van der Waals surface area contributed by atoms with Gasteiger partial charge in [0.25, 0.3) is 0 Å². The van der Waals surface area contributed by atoms with Crippen molar-refractivity contribution in [1.82, 2.24) is 9.62 Å². The van der Waals surface area contributed by atoms with E-state index in [-0.39, 0.29) is 11.7 Å². The van der Waals surface area contributed by atoms with E-state index < -0.39 is 20.7 Å². The first kappa shape index (κ1) is 16.9. The fraction of sp³-hybridized carbons (Fsp3) is 0.538. The Labute approximate surface area is 120 Å². The number of halogens is 1. The van der Waals surface area contributed by atoms with E-state index in [4.69, 9.17) is 5.73 Å². The number of anilines is 1. The van der Waals surface area contributed by atoms with Crippen molar-refractivity contribution in [1.29, 1.82) is 0 Å². The molecule has 20 heavy (non-hydrogen) atoms. The maximum Gasteiger partial charge on any atom is 0.243 e. The van der Waals surface area contributed by atoms with Crippen LogP contribution in [-0.4, -0.2) is 39.0 Å². The first-order valence-corrected chi connectivity index (χ1v) is 8.08. The smallest absolute Gasteiger partial charge is 0.243 e. The van der Waals surface area contributed by atoms with Gasteiger partial charge in [-0.15, -0.1) is 0 Å². The van der Waals surface area contributed by atoms with Gasteiger partial charge in [0.2, 0.25) is 10.0 Å². The van der Waals surface area contributed by atoms with Crippen LogP contribution in [0.25, 0.3) is 0 Å². The van der Waals surface area contributed by atoms with E-state index in [9.17, 15) is 12.8 Å². The van der Waals surface area contributed by atoms with Crippen molar-refractivity contribution >= 4 is 15.7 Å². The summed E-state index contributed by atoms with van der Waals surface area (Å²) < 4.78 is 40.4. The summed E-state index contributed by atoms with van der Waals surface area (Å²) in [5.74, 6) is -0.804. The number of benzene rings is 1. The van der Waals surface area contributed by atoms with Crippen molar-refractivity contribution < 1.29 is 12.8 Å². The van der Waals surface area contributed by atoms with Crippen LogP contribution in [0.5, 0.6) is 0 Å². The molecule has 0 aliphatic heterocycles. The first-order valence-electron chi connectivity index (χ1n) is 6.59. The zero-order valence-corrected chi connectivity index (χ0v) is 12.9. The Balaban J connectivity index is 2.87. The molecule has 0 aliphatic carbocycles. The summed E-state index contributed by atoms with van der Waals surface area (Å²) in [6, 6.07) is 3.19. The summed E-state index contributed by atoms with van der Waals surface area (Å²) in [6.45, 7) is 7.98. The van der Waals surface area contributed by atoms with E-state index in [1.54, 1.807) is 6.92 Å². The standard InChI is InChI=1S/C13H22FN3O2S/c1-4-17(5-2)9-10(3)16-20(18,19)13-8-11(15)6-7-12(13)14/h6-8,10,16H,4-5,9,15H2,1-3H3. The lowest BCUT2D eigenvalue weighted by Crippen LogP contribution is -2.42. The summed E-state index contributed by atoms with van der Waals surface area (Å²) in [6.07, 6.45) is 0. The molecule has 0 spiro atoms. The minimum absolute atomic E-state index is 0.211. The second kappa shape index (κ2) is 7.01. The third-order valence-electron chi connectivity index (χ3n) is 3.03. The average molecular weight is 303 g/mol. The van der Waals surface area contributed by atoms with E-state index in [2.05, 4.69) is 9.62 Å². The SMILES string of the molecule is CCN(CC)CC(C)NS(=O)(=O)c1cc(N)ccc1F. The van der Waals surface area contributed by atoms with Gasteiger partial charge in [0.05, 0.1) is 0 Å². The van der Waals surface area contributed by atoms with Gasteiger partial charge in [0.1, 0.15) is 10.7 Å². The Bertz CT molecular complexity index is 545. The van der Waals surface area contributed by atoms with Crippen LogP contribution in [0.15, 0.2) is 23.1 Å². The Morgan fingerprint density at radius 3 is 2.50 bits per heavy atom. The highest BCUT2D eigenvalue weighted by Gasteiger charge is 2.22. The molecule has 3 N–H and O–H groups in total. The van der Waals surface area contributed by atoms with Crippen LogP contribution in [0.3, 0.4) is 0 Å². The molecule has 114 valence electrons. The molecule has 1 unspecified atom stereocenters. The molecular formula is C13H22FN3O2S. The molecule has 0 aliphatic rings. The second-order valence-corrected chi connectivity index (χ2v) is 6.38. The van der Waals surface area contributed by atoms with Crippen molar-refractivity contribution in [3.63, 3.8) is 0 Å². The van der Waals surface area contributed by atoms with Crippen LogP contribution in [0.1, 0.15) is 20.8 Å². The highest BCUT2D eigenvalue weighted by molar-refractivity contribution is 7.89. The van der Waals surface area contributed by atoms with E-state index >= 15 is 0 Å². The third kappa shape index (κ3) is 4.43. The van der Waals surface area contributed by atoms with Gasteiger partial charge < -0.3 is 10.6 Å². The zero-order valence-electron chi connectivity index (χ0n) is 12.1. The summed E-state index contributed by atoms with van der Waals surface area (Å²) in [5, 5.41) is 0. The van der Waals surface area contributed by atoms with E-state index in [1.807, 2.05) is 13.8 Å². The van der Waals surface area contributed by atoms with Crippen molar-refractivity contribution in [2.45, 2.75) is 31.7 Å². The van der Waals surface area contributed by atoms with E-state index in [0.717, 1.165) is 25.2 Å². The summed E-state index contributed by atoms with van der Waals surface area (Å²) >= 11 is 0. The number of nitrogens with one attached hydrogen (secondary N) is 1. The van der Waals surface area contributed by atoms with Crippen LogP contribution in [0, 0.1) is 5.82 Å². The number of rotatable bonds is 7. The highest BCUT2D eigenvalue weighted by Crippen LogP contribution is 2.17. The number of sulfonamides is 1. The quantitative estimate of drug-likeness (QED) is 0.747. The highest BCUT2D eigenvalue weighted by atomic mass is 32.2. The predicted molar refractivity (Wildman–Crippen MR) is 78.4 cm³/mol. The molecule has 1 aromatic rings. The second-order valence-electron chi connectivity index (χ2n) is 4.70. The average Bonchev–Trinajstić information content (AvgIpc) is 2.38. The largest absolute Gasteiger partial charge is 0.399 e. The summed E-state index contributed by atoms with van der Waals surface area (Å²) in [5.41, 5.74) is 5.72. The lowest BCUT2D eigenvalue weighted by Gasteiger charge is -2.23. The van der Waals surface area contributed by atoms with Crippen LogP contribution in [-0.2, 0) is 10.0 Å². The van der Waals surface area contributed by atoms with Gasteiger partial charge in [-0.1, -0.05) is 13.8 Å². The topological polar surface area (TPSA) is 75.4 Å². The maximum absolute atomic E-state index is 13.6. The fourth-order valence-corrected chi connectivity index (χ4v) is 3.31. The molecular weight excluding hydrogens is 281 g/mol. The van der Waals surface area contributed by atoms with Crippen molar-refractivity contribution in [2.75, 3.05) is 25.4 Å². The Morgan fingerprint density at radius 1 is 1.35 bits per heavy atom. The van der Waals surface area contributed by atoms with Crippen molar-refractivity contribution in [3.05, 3.63) is 24.0 Å². The molecule has 0 saturated heterocycles. The molecule has 1 aromatic carbocycles. The molecule has 1 atom stereocenters. The lowest BCUT2D eigenvalue weighted by molar-refractivity contribution is 0.282. The van der Waals surface area contributed by atoms with Gasteiger partial charge in [0.15, 0.2) is 0 Å². The normalized spacial score (nSPS) is 13.7. The van der Waals surface area contributed by atoms with Crippen LogP contribution < -0.4 is 10.5 Å². The van der Waals surface area contributed by atoms with Crippen LogP contribution in [0.4, 0.5) is 10.1 Å². The van der Waals surface area contributed by atoms with Gasteiger partial charge in [0, 0.05) is 18.3 Å². The monoisotopic (exact) mass is 303 g/mol. The third-order valence-corrected chi connectivity index (χ3v) is 4.63.